The van der Waals surface area contributed by atoms with Crippen LogP contribution in [-0.4, -0.2) is 11.9 Å². The van der Waals surface area contributed by atoms with E-state index in [9.17, 15) is 4.79 Å². The molecule has 1 heterocycles. The highest BCUT2D eigenvalue weighted by atomic mass is 32.1. The Kier molecular flexibility index (Phi) is 4.29. The van der Waals surface area contributed by atoms with Crippen LogP contribution in [0.3, 0.4) is 0 Å². The summed E-state index contributed by atoms with van der Waals surface area (Å²) >= 11 is 1.64. The van der Waals surface area contributed by atoms with Crippen molar-refractivity contribution in [3.8, 4) is 0 Å². The number of amides is 1. The van der Waals surface area contributed by atoms with Crippen molar-refractivity contribution in [3.05, 3.63) is 16.0 Å². The smallest absolute Gasteiger partial charge is 0.254 e. The predicted molar refractivity (Wildman–Crippen MR) is 84.3 cm³/mol. The lowest BCUT2D eigenvalue weighted by molar-refractivity contribution is 0.0938. The van der Waals surface area contributed by atoms with Gasteiger partial charge in [-0.05, 0) is 44.1 Å². The molecule has 3 rings (SSSR count). The third-order valence-corrected chi connectivity index (χ3v) is 5.74. The molecule has 3 nitrogen and oxygen atoms in total. The Morgan fingerprint density at radius 3 is 2.50 bits per heavy atom. The average Bonchev–Trinajstić information content (AvgIpc) is 2.98. The molecule has 2 aliphatic rings. The molecule has 1 aromatic rings. The molecule has 0 aliphatic heterocycles. The van der Waals surface area contributed by atoms with Gasteiger partial charge in [0, 0.05) is 10.9 Å². The molecule has 1 aromatic heterocycles. The summed E-state index contributed by atoms with van der Waals surface area (Å²) < 4.78 is 0. The van der Waals surface area contributed by atoms with Crippen LogP contribution in [0.25, 0.3) is 0 Å². The standard InChI is InChI=1S/C16H24N2OS/c17-15-14(16(19)18-11-7-5-6-8-11)12-9-3-1-2-4-10-13(12)20-15/h11H,1-10,17H2,(H,18,19). The van der Waals surface area contributed by atoms with E-state index >= 15 is 0 Å². The van der Waals surface area contributed by atoms with Crippen molar-refractivity contribution in [2.75, 3.05) is 5.73 Å². The van der Waals surface area contributed by atoms with E-state index in [1.54, 1.807) is 11.3 Å². The summed E-state index contributed by atoms with van der Waals surface area (Å²) in [6.45, 7) is 0. The summed E-state index contributed by atoms with van der Waals surface area (Å²) in [6.07, 6.45) is 11.8. The van der Waals surface area contributed by atoms with Crippen LogP contribution in [0.4, 0.5) is 5.00 Å². The first-order valence-corrected chi connectivity index (χ1v) is 8.78. The fraction of sp³-hybridized carbons (Fsp3) is 0.688. The van der Waals surface area contributed by atoms with Gasteiger partial charge in [0.2, 0.25) is 0 Å². The molecular formula is C16H24N2OS. The first kappa shape index (κ1) is 13.9. The highest BCUT2D eigenvalue weighted by molar-refractivity contribution is 7.16. The van der Waals surface area contributed by atoms with Crippen molar-refractivity contribution in [1.82, 2.24) is 5.32 Å². The summed E-state index contributed by atoms with van der Waals surface area (Å²) in [6, 6.07) is 0.367. The molecule has 0 aromatic carbocycles. The fourth-order valence-corrected chi connectivity index (χ4v) is 4.67. The second kappa shape index (κ2) is 6.17. The Bertz CT molecular complexity index is 489. The zero-order valence-electron chi connectivity index (χ0n) is 12.0. The van der Waals surface area contributed by atoms with Crippen molar-refractivity contribution in [2.45, 2.75) is 70.3 Å². The SMILES string of the molecule is Nc1sc2c(c1C(=O)NC1CCCC1)CCCCCC2. The number of fused-ring (bicyclic) bond motifs is 1. The number of anilines is 1. The molecule has 0 saturated heterocycles. The molecule has 2 aliphatic carbocycles. The third kappa shape index (κ3) is 2.85. The summed E-state index contributed by atoms with van der Waals surface area (Å²) in [5, 5.41) is 3.93. The van der Waals surface area contributed by atoms with Gasteiger partial charge in [0.05, 0.1) is 10.6 Å². The van der Waals surface area contributed by atoms with E-state index in [2.05, 4.69) is 5.32 Å². The Hall–Kier alpha value is -1.03. The van der Waals surface area contributed by atoms with E-state index in [1.807, 2.05) is 0 Å². The maximum atomic E-state index is 12.6. The van der Waals surface area contributed by atoms with Gasteiger partial charge >= 0.3 is 0 Å². The van der Waals surface area contributed by atoms with Gasteiger partial charge < -0.3 is 11.1 Å². The molecule has 20 heavy (non-hydrogen) atoms. The second-order valence-corrected chi connectivity index (χ2v) is 7.25. The molecule has 0 bridgehead atoms. The van der Waals surface area contributed by atoms with Crippen molar-refractivity contribution in [1.29, 1.82) is 0 Å². The van der Waals surface area contributed by atoms with Gasteiger partial charge in [-0.25, -0.2) is 0 Å². The molecule has 1 amide bonds. The Labute approximate surface area is 124 Å². The van der Waals surface area contributed by atoms with Gasteiger partial charge in [-0.2, -0.15) is 0 Å². The Balaban J connectivity index is 1.82. The first-order chi connectivity index (χ1) is 9.75. The lowest BCUT2D eigenvalue weighted by atomic mass is 9.96. The average molecular weight is 292 g/mol. The van der Waals surface area contributed by atoms with E-state index in [4.69, 9.17) is 5.73 Å². The summed E-state index contributed by atoms with van der Waals surface area (Å²) in [5.41, 5.74) is 8.21. The third-order valence-electron chi connectivity index (χ3n) is 4.62. The van der Waals surface area contributed by atoms with Crippen LogP contribution in [0.5, 0.6) is 0 Å². The van der Waals surface area contributed by atoms with Gasteiger partial charge in [-0.1, -0.05) is 25.7 Å². The minimum absolute atomic E-state index is 0.0764. The van der Waals surface area contributed by atoms with Crippen LogP contribution in [0.2, 0.25) is 0 Å². The van der Waals surface area contributed by atoms with Crippen LogP contribution in [0, 0.1) is 0 Å². The fourth-order valence-electron chi connectivity index (χ4n) is 3.52. The lowest BCUT2D eigenvalue weighted by Crippen LogP contribution is -2.33. The van der Waals surface area contributed by atoms with Crippen molar-refractivity contribution in [3.63, 3.8) is 0 Å². The maximum absolute atomic E-state index is 12.6. The number of carbonyl (C=O) groups excluding carboxylic acids is 1. The van der Waals surface area contributed by atoms with Crippen molar-refractivity contribution < 1.29 is 4.79 Å². The number of carbonyl (C=O) groups is 1. The zero-order chi connectivity index (χ0) is 13.9. The molecule has 0 spiro atoms. The quantitative estimate of drug-likeness (QED) is 0.874. The second-order valence-electron chi connectivity index (χ2n) is 6.11. The Morgan fingerprint density at radius 2 is 1.75 bits per heavy atom. The summed E-state index contributed by atoms with van der Waals surface area (Å²) in [7, 11) is 0. The molecule has 1 saturated carbocycles. The Morgan fingerprint density at radius 1 is 1.05 bits per heavy atom. The normalized spacial score (nSPS) is 20.2. The van der Waals surface area contributed by atoms with Crippen molar-refractivity contribution >= 4 is 22.2 Å². The van der Waals surface area contributed by atoms with Crippen LogP contribution in [0.1, 0.15) is 72.2 Å². The van der Waals surface area contributed by atoms with Crippen LogP contribution in [-0.2, 0) is 12.8 Å². The highest BCUT2D eigenvalue weighted by Gasteiger charge is 2.25. The largest absolute Gasteiger partial charge is 0.390 e. The van der Waals surface area contributed by atoms with Gasteiger partial charge in [0.15, 0.2) is 0 Å². The van der Waals surface area contributed by atoms with E-state index in [0.29, 0.717) is 6.04 Å². The minimum atomic E-state index is 0.0764. The first-order valence-electron chi connectivity index (χ1n) is 7.96. The predicted octanol–water partition coefficient (Wildman–Crippen LogP) is 3.66. The minimum Gasteiger partial charge on any atom is -0.390 e. The molecule has 0 atom stereocenters. The number of nitrogen functional groups attached to an aromatic ring is 1. The van der Waals surface area contributed by atoms with Crippen LogP contribution in [0.15, 0.2) is 0 Å². The van der Waals surface area contributed by atoms with Gasteiger partial charge in [-0.3, -0.25) is 4.79 Å². The zero-order valence-corrected chi connectivity index (χ0v) is 12.9. The molecule has 0 unspecified atom stereocenters. The number of thiophene rings is 1. The topological polar surface area (TPSA) is 55.1 Å². The van der Waals surface area contributed by atoms with E-state index in [-0.39, 0.29) is 5.91 Å². The van der Waals surface area contributed by atoms with E-state index in [0.717, 1.165) is 36.2 Å². The van der Waals surface area contributed by atoms with Gasteiger partial charge in [0.1, 0.15) is 0 Å². The van der Waals surface area contributed by atoms with Crippen LogP contribution < -0.4 is 11.1 Å². The van der Waals surface area contributed by atoms with Gasteiger partial charge in [0.25, 0.3) is 5.91 Å². The van der Waals surface area contributed by atoms with E-state index < -0.39 is 0 Å². The highest BCUT2D eigenvalue weighted by Crippen LogP contribution is 2.35. The number of nitrogens with one attached hydrogen (secondary N) is 1. The van der Waals surface area contributed by atoms with Crippen molar-refractivity contribution in [2.24, 2.45) is 0 Å². The van der Waals surface area contributed by atoms with Gasteiger partial charge in [-0.15, -0.1) is 11.3 Å². The molecule has 1 fully saturated rings. The summed E-state index contributed by atoms with van der Waals surface area (Å²) in [5.74, 6) is 0.0764. The lowest BCUT2D eigenvalue weighted by Gasteiger charge is -2.14. The molecular weight excluding hydrogens is 268 g/mol. The molecule has 110 valence electrons. The van der Waals surface area contributed by atoms with Crippen LogP contribution >= 0.6 is 11.3 Å². The number of nitrogens with two attached hydrogens (primary N) is 1. The number of rotatable bonds is 2. The van der Waals surface area contributed by atoms with E-state index in [1.165, 1.54) is 49.0 Å². The molecule has 0 radical (unpaired) electrons. The number of hydrogen-bond donors (Lipinski definition) is 2. The monoisotopic (exact) mass is 292 g/mol. The molecule has 3 N–H and O–H groups in total. The summed E-state index contributed by atoms with van der Waals surface area (Å²) in [4.78, 5) is 13.9. The number of aryl methyl sites for hydroxylation is 1. The molecule has 4 heteroatoms. The number of hydrogen-bond acceptors (Lipinski definition) is 3. The maximum Gasteiger partial charge on any atom is 0.254 e.